The summed E-state index contributed by atoms with van der Waals surface area (Å²) in [6, 6.07) is 2.00. The topological polar surface area (TPSA) is 82.8 Å². The van der Waals surface area contributed by atoms with Gasteiger partial charge < -0.3 is 10.3 Å². The molecule has 2 N–H and O–H groups in total. The van der Waals surface area contributed by atoms with E-state index in [0.717, 1.165) is 18.5 Å². The summed E-state index contributed by atoms with van der Waals surface area (Å²) in [7, 11) is 1.87. The number of aryl methyl sites for hydroxylation is 1. The summed E-state index contributed by atoms with van der Waals surface area (Å²) in [6.45, 7) is 0. The second-order valence-corrected chi connectivity index (χ2v) is 5.24. The zero-order valence-electron chi connectivity index (χ0n) is 11.1. The number of nitrogens with zero attached hydrogens (tertiary/aromatic N) is 4. The molecule has 0 amide bonds. The minimum Gasteiger partial charge on any atom is -0.339 e. The zero-order valence-corrected chi connectivity index (χ0v) is 11.1. The number of hydrogen-bond donors (Lipinski definition) is 1. The Morgan fingerprint density at radius 1 is 1.32 bits per heavy atom. The quantitative estimate of drug-likeness (QED) is 0.834. The van der Waals surface area contributed by atoms with Gasteiger partial charge in [-0.2, -0.15) is 10.1 Å². The largest absolute Gasteiger partial charge is 0.339 e. The van der Waals surface area contributed by atoms with E-state index in [0.29, 0.717) is 11.7 Å². The van der Waals surface area contributed by atoms with Crippen molar-refractivity contribution in [3.8, 4) is 11.5 Å². The van der Waals surface area contributed by atoms with Crippen molar-refractivity contribution in [1.29, 1.82) is 0 Å². The molecule has 0 aromatic carbocycles. The van der Waals surface area contributed by atoms with Crippen LogP contribution in [0.3, 0.4) is 0 Å². The van der Waals surface area contributed by atoms with Crippen LogP contribution in [0.2, 0.25) is 0 Å². The third-order valence-electron chi connectivity index (χ3n) is 3.77. The Kier molecular flexibility index (Phi) is 3.33. The highest BCUT2D eigenvalue weighted by Crippen LogP contribution is 2.30. The van der Waals surface area contributed by atoms with Crippen LogP contribution < -0.4 is 5.73 Å². The lowest BCUT2D eigenvalue weighted by Gasteiger charge is -2.16. The molecule has 0 spiro atoms. The van der Waals surface area contributed by atoms with Gasteiger partial charge in [0.05, 0.1) is 5.92 Å². The van der Waals surface area contributed by atoms with Gasteiger partial charge in [0, 0.05) is 19.3 Å². The fourth-order valence-electron chi connectivity index (χ4n) is 2.67. The fourth-order valence-corrected chi connectivity index (χ4v) is 2.67. The molecule has 2 heterocycles. The molecular formula is C13H19N5O. The molecule has 1 fully saturated rings. The highest BCUT2D eigenvalue weighted by atomic mass is 16.5. The van der Waals surface area contributed by atoms with Crippen molar-refractivity contribution < 1.29 is 4.52 Å². The lowest BCUT2D eigenvalue weighted by Crippen LogP contribution is -2.27. The Labute approximate surface area is 112 Å². The summed E-state index contributed by atoms with van der Waals surface area (Å²) < 4.78 is 7.13. The normalized spacial score (nSPS) is 24.3. The maximum atomic E-state index is 6.22. The van der Waals surface area contributed by atoms with E-state index in [4.69, 9.17) is 10.3 Å². The molecular weight excluding hydrogens is 242 g/mol. The Hall–Kier alpha value is -1.69. The third kappa shape index (κ3) is 2.53. The van der Waals surface area contributed by atoms with E-state index in [2.05, 4.69) is 15.2 Å². The monoisotopic (exact) mass is 261 g/mol. The standard InChI is InChI=1S/C13H19N5O/c1-18-8-7-11(16-18)12-15-13(19-17-12)9-5-3-2-4-6-10(9)14/h7-10H,2-6,14H2,1H3. The molecule has 0 radical (unpaired) electrons. The van der Waals surface area contributed by atoms with Crippen LogP contribution in [0, 0.1) is 0 Å². The predicted octanol–water partition coefficient (Wildman–Crippen LogP) is 1.85. The molecule has 0 aliphatic heterocycles. The minimum atomic E-state index is 0.125. The van der Waals surface area contributed by atoms with Crippen LogP contribution in [-0.2, 0) is 7.05 Å². The summed E-state index contributed by atoms with van der Waals surface area (Å²) in [4.78, 5) is 4.48. The Balaban J connectivity index is 1.84. The van der Waals surface area contributed by atoms with Gasteiger partial charge in [0.2, 0.25) is 11.7 Å². The van der Waals surface area contributed by atoms with Crippen molar-refractivity contribution in [2.75, 3.05) is 0 Å². The van der Waals surface area contributed by atoms with Gasteiger partial charge in [-0.15, -0.1) is 0 Å². The number of aromatic nitrogens is 4. The maximum absolute atomic E-state index is 6.22. The summed E-state index contributed by atoms with van der Waals surface area (Å²) >= 11 is 0. The minimum absolute atomic E-state index is 0.125. The number of nitrogens with two attached hydrogens (primary N) is 1. The predicted molar refractivity (Wildman–Crippen MR) is 70.3 cm³/mol. The Morgan fingerprint density at radius 2 is 2.16 bits per heavy atom. The molecule has 6 nitrogen and oxygen atoms in total. The molecule has 1 saturated carbocycles. The van der Waals surface area contributed by atoms with Gasteiger partial charge >= 0.3 is 0 Å². The summed E-state index contributed by atoms with van der Waals surface area (Å²) in [5.74, 6) is 1.40. The first-order chi connectivity index (χ1) is 9.24. The smallest absolute Gasteiger partial charge is 0.231 e. The van der Waals surface area contributed by atoms with Crippen LogP contribution >= 0.6 is 0 Å². The maximum Gasteiger partial charge on any atom is 0.231 e. The first kappa shape index (κ1) is 12.3. The van der Waals surface area contributed by atoms with Gasteiger partial charge in [0.1, 0.15) is 5.69 Å². The van der Waals surface area contributed by atoms with E-state index in [1.807, 2.05) is 19.3 Å². The molecule has 102 valence electrons. The van der Waals surface area contributed by atoms with E-state index in [1.54, 1.807) is 4.68 Å². The molecule has 1 aliphatic rings. The van der Waals surface area contributed by atoms with E-state index >= 15 is 0 Å². The van der Waals surface area contributed by atoms with Crippen LogP contribution in [0.25, 0.3) is 11.5 Å². The molecule has 3 rings (SSSR count). The summed E-state index contributed by atoms with van der Waals surface area (Å²) in [5, 5.41) is 8.30. The van der Waals surface area contributed by atoms with Gasteiger partial charge in [-0.25, -0.2) is 0 Å². The lowest BCUT2D eigenvalue weighted by atomic mass is 9.95. The average molecular weight is 261 g/mol. The van der Waals surface area contributed by atoms with Crippen LogP contribution in [-0.4, -0.2) is 26.0 Å². The lowest BCUT2D eigenvalue weighted by molar-refractivity contribution is 0.326. The first-order valence-corrected chi connectivity index (χ1v) is 6.83. The van der Waals surface area contributed by atoms with E-state index in [1.165, 1.54) is 19.3 Å². The van der Waals surface area contributed by atoms with Gasteiger partial charge in [0.25, 0.3) is 0 Å². The molecule has 19 heavy (non-hydrogen) atoms. The van der Waals surface area contributed by atoms with Crippen LogP contribution in [0.1, 0.15) is 43.9 Å². The second kappa shape index (κ2) is 5.13. The van der Waals surface area contributed by atoms with Crippen molar-refractivity contribution in [1.82, 2.24) is 19.9 Å². The summed E-state index contributed by atoms with van der Waals surface area (Å²) in [6.07, 6.45) is 7.55. The highest BCUT2D eigenvalue weighted by molar-refractivity contribution is 5.46. The van der Waals surface area contributed by atoms with E-state index in [-0.39, 0.29) is 12.0 Å². The molecule has 2 atom stereocenters. The van der Waals surface area contributed by atoms with Crippen molar-refractivity contribution in [3.05, 3.63) is 18.2 Å². The van der Waals surface area contributed by atoms with Crippen molar-refractivity contribution in [3.63, 3.8) is 0 Å². The Bertz CT molecular complexity index is 547. The second-order valence-electron chi connectivity index (χ2n) is 5.24. The van der Waals surface area contributed by atoms with E-state index < -0.39 is 0 Å². The third-order valence-corrected chi connectivity index (χ3v) is 3.77. The van der Waals surface area contributed by atoms with Gasteiger partial charge in [-0.3, -0.25) is 4.68 Å². The number of hydrogen-bond acceptors (Lipinski definition) is 5. The molecule has 2 aromatic heterocycles. The first-order valence-electron chi connectivity index (χ1n) is 6.83. The molecule has 2 aromatic rings. The number of rotatable bonds is 2. The molecule has 1 aliphatic carbocycles. The molecule has 0 saturated heterocycles. The van der Waals surface area contributed by atoms with E-state index in [9.17, 15) is 0 Å². The highest BCUT2D eigenvalue weighted by Gasteiger charge is 2.27. The van der Waals surface area contributed by atoms with Crippen LogP contribution in [0.4, 0.5) is 0 Å². The van der Waals surface area contributed by atoms with Crippen LogP contribution in [0.15, 0.2) is 16.8 Å². The molecule has 2 unspecified atom stereocenters. The average Bonchev–Trinajstić information content (AvgIpc) is 2.97. The SMILES string of the molecule is Cn1ccc(-c2noc(C3CCCCCC3N)n2)n1. The van der Waals surface area contributed by atoms with Crippen LogP contribution in [0.5, 0.6) is 0 Å². The fraction of sp³-hybridized carbons (Fsp3) is 0.615. The van der Waals surface area contributed by atoms with Gasteiger partial charge in [-0.1, -0.05) is 24.4 Å². The summed E-state index contributed by atoms with van der Waals surface area (Å²) in [5.41, 5.74) is 6.95. The van der Waals surface area contributed by atoms with Crippen molar-refractivity contribution in [2.45, 2.75) is 44.1 Å². The molecule has 0 bridgehead atoms. The van der Waals surface area contributed by atoms with Crippen molar-refractivity contribution >= 4 is 0 Å². The zero-order chi connectivity index (χ0) is 13.2. The molecule has 6 heteroatoms. The van der Waals surface area contributed by atoms with Gasteiger partial charge in [-0.05, 0) is 18.9 Å². The Morgan fingerprint density at radius 3 is 2.95 bits per heavy atom. The van der Waals surface area contributed by atoms with Crippen molar-refractivity contribution in [2.24, 2.45) is 12.8 Å². The van der Waals surface area contributed by atoms with Gasteiger partial charge in [0.15, 0.2) is 0 Å².